The van der Waals surface area contributed by atoms with Crippen molar-refractivity contribution in [2.75, 3.05) is 16.0 Å². The van der Waals surface area contributed by atoms with Crippen LogP contribution >= 0.6 is 23.2 Å². The third kappa shape index (κ3) is 5.75. The van der Waals surface area contributed by atoms with Gasteiger partial charge in [-0.25, -0.2) is 0 Å². The monoisotopic (exact) mass is 441 g/mol. The van der Waals surface area contributed by atoms with E-state index in [4.69, 9.17) is 23.2 Å². The van der Waals surface area contributed by atoms with Gasteiger partial charge in [0.25, 0.3) is 0 Å². The van der Waals surface area contributed by atoms with Gasteiger partial charge in [-0.3, -0.25) is 9.59 Å². The maximum Gasteiger partial charge on any atom is 0.228 e. The number of carbonyl (C=O) groups is 2. The van der Waals surface area contributed by atoms with Crippen molar-refractivity contribution in [3.05, 3.63) is 82.3 Å². The molecule has 5 nitrogen and oxygen atoms in total. The molecule has 0 heterocycles. The van der Waals surface area contributed by atoms with Gasteiger partial charge in [0, 0.05) is 23.5 Å². The molecule has 0 radical (unpaired) electrons. The molecule has 0 spiro atoms. The van der Waals surface area contributed by atoms with Crippen molar-refractivity contribution >= 4 is 57.8 Å². The average molecular weight is 442 g/mol. The highest BCUT2D eigenvalue weighted by molar-refractivity contribution is 6.39. The minimum Gasteiger partial charge on any atom is -0.353 e. The Labute approximate surface area is 185 Å². The Morgan fingerprint density at radius 3 is 1.93 bits per heavy atom. The zero-order chi connectivity index (χ0) is 21.5. The Bertz CT molecular complexity index is 1030. The minimum absolute atomic E-state index is 0.0606. The predicted molar refractivity (Wildman–Crippen MR) is 124 cm³/mol. The van der Waals surface area contributed by atoms with Crippen molar-refractivity contribution in [1.29, 1.82) is 0 Å². The van der Waals surface area contributed by atoms with Crippen LogP contribution in [0.5, 0.6) is 0 Å². The Morgan fingerprint density at radius 2 is 1.33 bits per heavy atom. The second-order valence-electron chi connectivity index (χ2n) is 6.58. The number of benzene rings is 3. The fourth-order valence-electron chi connectivity index (χ4n) is 2.81. The van der Waals surface area contributed by atoms with Crippen LogP contribution in [0.4, 0.5) is 22.7 Å². The SMILES string of the molecule is CCC(=O)Nc1ccc(NC(=O)Cc2ccccc2Nc2c(Cl)cccc2Cl)cc1. The highest BCUT2D eigenvalue weighted by Crippen LogP contribution is 2.33. The van der Waals surface area contributed by atoms with Gasteiger partial charge in [-0.2, -0.15) is 0 Å². The number of nitrogens with one attached hydrogen (secondary N) is 3. The van der Waals surface area contributed by atoms with Crippen molar-refractivity contribution in [2.24, 2.45) is 0 Å². The largest absolute Gasteiger partial charge is 0.353 e. The highest BCUT2D eigenvalue weighted by Gasteiger charge is 2.11. The second kappa shape index (κ2) is 10.1. The van der Waals surface area contributed by atoms with E-state index in [-0.39, 0.29) is 18.2 Å². The van der Waals surface area contributed by atoms with Crippen LogP contribution in [0.15, 0.2) is 66.7 Å². The van der Waals surface area contributed by atoms with E-state index in [1.807, 2.05) is 24.3 Å². The van der Waals surface area contributed by atoms with Crippen LogP contribution in [0.1, 0.15) is 18.9 Å². The summed E-state index contributed by atoms with van der Waals surface area (Å²) in [5, 5.41) is 9.86. The summed E-state index contributed by atoms with van der Waals surface area (Å²) in [5.41, 5.74) is 3.48. The summed E-state index contributed by atoms with van der Waals surface area (Å²) in [6, 6.07) is 19.7. The lowest BCUT2D eigenvalue weighted by Crippen LogP contribution is -2.15. The molecule has 3 aromatic rings. The molecule has 0 aromatic heterocycles. The lowest BCUT2D eigenvalue weighted by atomic mass is 10.1. The predicted octanol–water partition coefficient (Wildman–Crippen LogP) is 6.27. The lowest BCUT2D eigenvalue weighted by molar-refractivity contribution is -0.116. The molecular weight excluding hydrogens is 421 g/mol. The van der Waals surface area contributed by atoms with Crippen molar-refractivity contribution < 1.29 is 9.59 Å². The van der Waals surface area contributed by atoms with Crippen LogP contribution in [0.2, 0.25) is 10.0 Å². The van der Waals surface area contributed by atoms with Crippen LogP contribution in [0.3, 0.4) is 0 Å². The molecule has 3 N–H and O–H groups in total. The molecule has 154 valence electrons. The average Bonchev–Trinajstić information content (AvgIpc) is 2.73. The molecule has 3 rings (SSSR count). The molecule has 2 amide bonds. The van der Waals surface area contributed by atoms with Crippen molar-refractivity contribution in [2.45, 2.75) is 19.8 Å². The van der Waals surface area contributed by atoms with Gasteiger partial charge in [0.2, 0.25) is 11.8 Å². The van der Waals surface area contributed by atoms with Crippen molar-refractivity contribution in [3.63, 3.8) is 0 Å². The van der Waals surface area contributed by atoms with Crippen molar-refractivity contribution in [3.8, 4) is 0 Å². The number of rotatable bonds is 7. The summed E-state index contributed by atoms with van der Waals surface area (Å²) >= 11 is 12.5. The molecule has 0 saturated heterocycles. The summed E-state index contributed by atoms with van der Waals surface area (Å²) < 4.78 is 0. The number of para-hydroxylation sites is 2. The van der Waals surface area contributed by atoms with Gasteiger partial charge in [0.05, 0.1) is 22.2 Å². The Hall–Kier alpha value is -3.02. The Morgan fingerprint density at radius 1 is 0.767 bits per heavy atom. The molecule has 0 aliphatic heterocycles. The summed E-state index contributed by atoms with van der Waals surface area (Å²) in [4.78, 5) is 24.0. The number of anilines is 4. The van der Waals surface area contributed by atoms with Gasteiger partial charge in [0.1, 0.15) is 0 Å². The van der Waals surface area contributed by atoms with E-state index in [9.17, 15) is 9.59 Å². The number of hydrogen-bond acceptors (Lipinski definition) is 3. The summed E-state index contributed by atoms with van der Waals surface area (Å²) in [7, 11) is 0. The smallest absolute Gasteiger partial charge is 0.228 e. The standard InChI is InChI=1S/C23H21Cl2N3O2/c1-2-21(29)26-16-10-12-17(13-11-16)27-22(30)14-15-6-3-4-9-20(15)28-23-18(24)7-5-8-19(23)25/h3-13,28H,2,14H2,1H3,(H,26,29)(H,27,30). The van der Waals surface area contributed by atoms with Crippen LogP contribution in [0.25, 0.3) is 0 Å². The van der Waals surface area contributed by atoms with E-state index in [2.05, 4.69) is 16.0 Å². The van der Waals surface area contributed by atoms with E-state index in [0.29, 0.717) is 33.5 Å². The van der Waals surface area contributed by atoms with Gasteiger partial charge in [-0.1, -0.05) is 54.4 Å². The molecule has 0 saturated carbocycles. The fraction of sp³-hybridized carbons (Fsp3) is 0.130. The maximum atomic E-state index is 12.6. The first-order valence-electron chi connectivity index (χ1n) is 9.45. The van der Waals surface area contributed by atoms with Gasteiger partial charge in [-0.15, -0.1) is 0 Å². The van der Waals surface area contributed by atoms with E-state index in [1.165, 1.54) is 0 Å². The molecule has 7 heteroatoms. The topological polar surface area (TPSA) is 70.2 Å². The Balaban J connectivity index is 1.68. The van der Waals surface area contributed by atoms with E-state index in [0.717, 1.165) is 11.3 Å². The highest BCUT2D eigenvalue weighted by atomic mass is 35.5. The maximum absolute atomic E-state index is 12.6. The molecular formula is C23H21Cl2N3O2. The molecule has 0 bridgehead atoms. The number of hydrogen-bond donors (Lipinski definition) is 3. The molecule has 0 atom stereocenters. The fourth-order valence-corrected chi connectivity index (χ4v) is 3.30. The molecule has 0 aliphatic carbocycles. The molecule has 0 aliphatic rings. The second-order valence-corrected chi connectivity index (χ2v) is 7.40. The van der Waals surface area contributed by atoms with E-state index >= 15 is 0 Å². The molecule has 0 unspecified atom stereocenters. The van der Waals surface area contributed by atoms with Crippen molar-refractivity contribution in [1.82, 2.24) is 0 Å². The zero-order valence-electron chi connectivity index (χ0n) is 16.3. The Kier molecular flexibility index (Phi) is 7.33. The normalized spacial score (nSPS) is 10.4. The third-order valence-electron chi connectivity index (χ3n) is 4.36. The first-order chi connectivity index (χ1) is 14.5. The van der Waals surface area contributed by atoms with E-state index in [1.54, 1.807) is 49.4 Å². The number of carbonyl (C=O) groups excluding carboxylic acids is 2. The quantitative estimate of drug-likeness (QED) is 0.404. The van der Waals surface area contributed by atoms with Gasteiger partial charge in [0.15, 0.2) is 0 Å². The van der Waals surface area contributed by atoms with Gasteiger partial charge in [-0.05, 0) is 48.0 Å². The van der Waals surface area contributed by atoms with Crippen LogP contribution in [-0.2, 0) is 16.0 Å². The summed E-state index contributed by atoms with van der Waals surface area (Å²) in [5.74, 6) is -0.227. The molecule has 30 heavy (non-hydrogen) atoms. The first-order valence-corrected chi connectivity index (χ1v) is 10.2. The minimum atomic E-state index is -0.167. The van der Waals surface area contributed by atoms with Gasteiger partial charge < -0.3 is 16.0 Å². The summed E-state index contributed by atoms with van der Waals surface area (Å²) in [6.07, 6.45) is 0.574. The third-order valence-corrected chi connectivity index (χ3v) is 4.99. The lowest BCUT2D eigenvalue weighted by Gasteiger charge is -2.14. The molecule has 0 fully saturated rings. The zero-order valence-corrected chi connectivity index (χ0v) is 17.8. The summed E-state index contributed by atoms with van der Waals surface area (Å²) in [6.45, 7) is 1.79. The first kappa shape index (κ1) is 21.7. The van der Waals surface area contributed by atoms with Gasteiger partial charge >= 0.3 is 0 Å². The van der Waals surface area contributed by atoms with E-state index < -0.39 is 0 Å². The number of halogens is 2. The van der Waals surface area contributed by atoms with Crippen LogP contribution < -0.4 is 16.0 Å². The van der Waals surface area contributed by atoms with Crippen LogP contribution in [-0.4, -0.2) is 11.8 Å². The number of amides is 2. The molecule has 3 aromatic carbocycles. The van der Waals surface area contributed by atoms with Crippen LogP contribution in [0, 0.1) is 0 Å².